The van der Waals surface area contributed by atoms with Crippen LogP contribution in [0.25, 0.3) is 0 Å². The summed E-state index contributed by atoms with van der Waals surface area (Å²) in [6.45, 7) is 1.02. The van der Waals surface area contributed by atoms with Crippen LogP contribution in [0.1, 0.15) is 19.3 Å². The molecule has 2 N–H and O–H groups in total. The summed E-state index contributed by atoms with van der Waals surface area (Å²) in [7, 11) is 0. The van der Waals surface area contributed by atoms with E-state index in [9.17, 15) is 8.78 Å². The summed E-state index contributed by atoms with van der Waals surface area (Å²) < 4.78 is 26.0. The first-order chi connectivity index (χ1) is 6.61. The van der Waals surface area contributed by atoms with Gasteiger partial charge in [-0.1, -0.05) is 0 Å². The van der Waals surface area contributed by atoms with Crippen LogP contribution in [0.5, 0.6) is 0 Å². The molecule has 4 heteroatoms. The SMILES string of the molecule is NCC(F)(F)CN1CCC(C2CC2)C1. The molecule has 2 nitrogen and oxygen atoms in total. The van der Waals surface area contributed by atoms with Crippen LogP contribution in [0.3, 0.4) is 0 Å². The zero-order chi connectivity index (χ0) is 10.2. The van der Waals surface area contributed by atoms with E-state index >= 15 is 0 Å². The molecule has 1 aliphatic carbocycles. The van der Waals surface area contributed by atoms with Gasteiger partial charge in [0.05, 0.1) is 13.1 Å². The van der Waals surface area contributed by atoms with Gasteiger partial charge in [0.1, 0.15) is 0 Å². The van der Waals surface area contributed by atoms with Crippen molar-refractivity contribution >= 4 is 0 Å². The number of alkyl halides is 2. The van der Waals surface area contributed by atoms with Crippen LogP contribution in [0, 0.1) is 11.8 Å². The topological polar surface area (TPSA) is 29.3 Å². The van der Waals surface area contributed by atoms with Crippen LogP contribution in [0.4, 0.5) is 8.78 Å². The maximum Gasteiger partial charge on any atom is 0.272 e. The summed E-state index contributed by atoms with van der Waals surface area (Å²) >= 11 is 0. The van der Waals surface area contributed by atoms with E-state index in [1.54, 1.807) is 0 Å². The predicted molar refractivity (Wildman–Crippen MR) is 51.3 cm³/mol. The van der Waals surface area contributed by atoms with Gasteiger partial charge in [0.25, 0.3) is 5.92 Å². The van der Waals surface area contributed by atoms with Crippen molar-refractivity contribution in [3.8, 4) is 0 Å². The van der Waals surface area contributed by atoms with Crippen molar-refractivity contribution in [1.82, 2.24) is 4.90 Å². The Kier molecular flexibility index (Phi) is 2.75. The van der Waals surface area contributed by atoms with Gasteiger partial charge in [-0.3, -0.25) is 4.90 Å². The monoisotopic (exact) mass is 204 g/mol. The van der Waals surface area contributed by atoms with Crippen molar-refractivity contribution in [3.63, 3.8) is 0 Å². The minimum Gasteiger partial charge on any atom is -0.325 e. The van der Waals surface area contributed by atoms with E-state index in [0.717, 1.165) is 25.4 Å². The van der Waals surface area contributed by atoms with Gasteiger partial charge in [-0.2, -0.15) is 0 Å². The fraction of sp³-hybridized carbons (Fsp3) is 1.00. The van der Waals surface area contributed by atoms with E-state index in [-0.39, 0.29) is 6.54 Å². The molecule has 82 valence electrons. The van der Waals surface area contributed by atoms with Crippen LogP contribution < -0.4 is 5.73 Å². The van der Waals surface area contributed by atoms with Crippen LogP contribution in [0.15, 0.2) is 0 Å². The maximum atomic E-state index is 13.0. The van der Waals surface area contributed by atoms with E-state index in [1.165, 1.54) is 12.8 Å². The second kappa shape index (κ2) is 3.74. The van der Waals surface area contributed by atoms with E-state index in [0.29, 0.717) is 5.92 Å². The van der Waals surface area contributed by atoms with Gasteiger partial charge in [0.2, 0.25) is 0 Å². The molecule has 1 heterocycles. The molecular formula is C10H18F2N2. The highest BCUT2D eigenvalue weighted by Gasteiger charge is 2.38. The third kappa shape index (κ3) is 2.42. The van der Waals surface area contributed by atoms with Crippen LogP contribution in [0.2, 0.25) is 0 Å². The standard InChI is InChI=1S/C10H18F2N2/c11-10(12,6-13)7-14-4-3-9(5-14)8-1-2-8/h8-9H,1-7,13H2. The van der Waals surface area contributed by atoms with Crippen molar-refractivity contribution in [3.05, 3.63) is 0 Å². The first-order valence-corrected chi connectivity index (χ1v) is 5.41. The smallest absolute Gasteiger partial charge is 0.272 e. The Hall–Kier alpha value is -0.220. The minimum absolute atomic E-state index is 0.146. The zero-order valence-electron chi connectivity index (χ0n) is 8.38. The molecule has 1 aliphatic heterocycles. The first-order valence-electron chi connectivity index (χ1n) is 5.41. The molecule has 2 rings (SSSR count). The van der Waals surface area contributed by atoms with Crippen molar-refractivity contribution in [2.75, 3.05) is 26.2 Å². The van der Waals surface area contributed by atoms with E-state index in [2.05, 4.69) is 0 Å². The Labute approximate surface area is 83.4 Å². The van der Waals surface area contributed by atoms with E-state index in [4.69, 9.17) is 5.73 Å². The molecule has 0 aromatic rings. The van der Waals surface area contributed by atoms with Gasteiger partial charge >= 0.3 is 0 Å². The molecule has 1 atom stereocenters. The van der Waals surface area contributed by atoms with Gasteiger partial charge < -0.3 is 5.73 Å². The number of hydrogen-bond donors (Lipinski definition) is 1. The number of nitrogens with two attached hydrogens (primary N) is 1. The minimum atomic E-state index is -2.70. The quantitative estimate of drug-likeness (QED) is 0.748. The first kappa shape index (κ1) is 10.3. The lowest BCUT2D eigenvalue weighted by atomic mass is 10.0. The lowest BCUT2D eigenvalue weighted by molar-refractivity contribution is -0.0189. The Balaban J connectivity index is 1.77. The predicted octanol–water partition coefficient (Wildman–Crippen LogP) is 1.31. The summed E-state index contributed by atoms with van der Waals surface area (Å²) in [5.74, 6) is -1.17. The van der Waals surface area contributed by atoms with E-state index < -0.39 is 12.5 Å². The molecule has 2 fully saturated rings. The number of nitrogens with zero attached hydrogens (tertiary/aromatic N) is 1. The molecule has 14 heavy (non-hydrogen) atoms. The molecule has 0 amide bonds. The number of hydrogen-bond acceptors (Lipinski definition) is 2. The molecule has 2 aliphatic rings. The van der Waals surface area contributed by atoms with Gasteiger partial charge in [-0.05, 0) is 37.6 Å². The summed E-state index contributed by atoms with van der Waals surface area (Å²) in [5.41, 5.74) is 5.01. The Morgan fingerprint density at radius 1 is 1.21 bits per heavy atom. The normalized spacial score (nSPS) is 29.8. The van der Waals surface area contributed by atoms with Crippen LogP contribution in [-0.2, 0) is 0 Å². The van der Waals surface area contributed by atoms with Gasteiger partial charge in [0.15, 0.2) is 0 Å². The summed E-state index contributed by atoms with van der Waals surface area (Å²) in [4.78, 5) is 1.87. The summed E-state index contributed by atoms with van der Waals surface area (Å²) in [6, 6.07) is 0. The molecule has 0 bridgehead atoms. The van der Waals surface area contributed by atoms with Crippen LogP contribution >= 0.6 is 0 Å². The molecule has 0 spiro atoms. The molecule has 0 aromatic heterocycles. The lowest BCUT2D eigenvalue weighted by Gasteiger charge is -2.22. The summed E-state index contributed by atoms with van der Waals surface area (Å²) in [6.07, 6.45) is 3.73. The van der Waals surface area contributed by atoms with Crippen molar-refractivity contribution in [1.29, 1.82) is 0 Å². The number of likely N-dealkylation sites (tertiary alicyclic amines) is 1. The molecule has 1 saturated heterocycles. The van der Waals surface area contributed by atoms with Gasteiger partial charge in [-0.25, -0.2) is 8.78 Å². The third-order valence-corrected chi connectivity index (χ3v) is 3.35. The lowest BCUT2D eigenvalue weighted by Crippen LogP contribution is -2.40. The fourth-order valence-corrected chi connectivity index (χ4v) is 2.35. The zero-order valence-corrected chi connectivity index (χ0v) is 8.38. The largest absolute Gasteiger partial charge is 0.325 e. The number of halogens is 2. The molecular weight excluding hydrogens is 186 g/mol. The van der Waals surface area contributed by atoms with E-state index in [1.807, 2.05) is 4.90 Å². The molecule has 0 radical (unpaired) electrons. The highest BCUT2D eigenvalue weighted by Crippen LogP contribution is 2.41. The van der Waals surface area contributed by atoms with Crippen molar-refractivity contribution < 1.29 is 8.78 Å². The Bertz CT molecular complexity index is 204. The Morgan fingerprint density at radius 3 is 2.50 bits per heavy atom. The molecule has 1 unspecified atom stereocenters. The highest BCUT2D eigenvalue weighted by molar-refractivity contribution is 4.89. The second-order valence-corrected chi connectivity index (χ2v) is 4.68. The highest BCUT2D eigenvalue weighted by atomic mass is 19.3. The van der Waals surface area contributed by atoms with Crippen molar-refractivity contribution in [2.45, 2.75) is 25.2 Å². The van der Waals surface area contributed by atoms with Gasteiger partial charge in [0, 0.05) is 6.54 Å². The fourth-order valence-electron chi connectivity index (χ4n) is 2.35. The third-order valence-electron chi connectivity index (χ3n) is 3.35. The number of rotatable bonds is 4. The second-order valence-electron chi connectivity index (χ2n) is 4.68. The average Bonchev–Trinajstić information content (AvgIpc) is 2.89. The Morgan fingerprint density at radius 2 is 1.93 bits per heavy atom. The summed E-state index contributed by atoms with van der Waals surface area (Å²) in [5, 5.41) is 0. The van der Waals surface area contributed by atoms with Gasteiger partial charge in [-0.15, -0.1) is 0 Å². The molecule has 1 saturated carbocycles. The maximum absolute atomic E-state index is 13.0. The van der Waals surface area contributed by atoms with Crippen LogP contribution in [-0.4, -0.2) is 37.0 Å². The van der Waals surface area contributed by atoms with Crippen molar-refractivity contribution in [2.24, 2.45) is 17.6 Å². The molecule has 0 aromatic carbocycles. The average molecular weight is 204 g/mol.